The van der Waals surface area contributed by atoms with Crippen LogP contribution in [0, 0.1) is 0 Å². The maximum atomic E-state index is 13.9. The summed E-state index contributed by atoms with van der Waals surface area (Å²) in [6.45, 7) is 13.1. The molecule has 0 aromatic heterocycles. The van der Waals surface area contributed by atoms with E-state index in [1.165, 1.54) is 0 Å². The Morgan fingerprint density at radius 1 is 0.673 bits per heavy atom. The Morgan fingerprint density at radius 2 is 1.27 bits per heavy atom. The van der Waals surface area contributed by atoms with Crippen molar-refractivity contribution in [3.63, 3.8) is 0 Å². The first kappa shape index (κ1) is 36.7. The van der Waals surface area contributed by atoms with Crippen molar-refractivity contribution in [1.82, 2.24) is 21.3 Å². The molecule has 4 aromatic carbocycles. The van der Waals surface area contributed by atoms with E-state index in [9.17, 15) is 19.2 Å². The first-order chi connectivity index (χ1) is 23.1. The summed E-state index contributed by atoms with van der Waals surface area (Å²) in [4.78, 5) is 52.2. The molecule has 0 aliphatic rings. The van der Waals surface area contributed by atoms with Gasteiger partial charge in [-0.15, -0.1) is 0 Å². The van der Waals surface area contributed by atoms with Gasteiger partial charge in [0.2, 0.25) is 5.91 Å². The number of rotatable bonds is 11. The van der Waals surface area contributed by atoms with Crippen LogP contribution in [0.2, 0.25) is 0 Å². The van der Waals surface area contributed by atoms with Gasteiger partial charge in [-0.2, -0.15) is 0 Å². The summed E-state index contributed by atoms with van der Waals surface area (Å²) in [5.74, 6) is -0.755. The van der Waals surface area contributed by atoms with Crippen LogP contribution in [0.25, 0.3) is 21.5 Å². The predicted octanol–water partition coefficient (Wildman–Crippen LogP) is 7.30. The molecule has 0 unspecified atom stereocenters. The molecular formula is C39H48N4O6. The molecule has 0 aliphatic heterocycles. The van der Waals surface area contributed by atoms with E-state index in [4.69, 9.17) is 9.47 Å². The number of fused-ring (bicyclic) bond motifs is 2. The quantitative estimate of drug-likeness (QED) is 0.124. The molecule has 10 heteroatoms. The summed E-state index contributed by atoms with van der Waals surface area (Å²) in [5, 5.41) is 15.1. The summed E-state index contributed by atoms with van der Waals surface area (Å²) in [6.07, 6.45) is -0.400. The van der Waals surface area contributed by atoms with Crippen molar-refractivity contribution >= 4 is 45.5 Å². The highest BCUT2D eigenvalue weighted by molar-refractivity contribution is 6.09. The van der Waals surface area contributed by atoms with Crippen LogP contribution in [0.1, 0.15) is 88.8 Å². The highest BCUT2D eigenvalue weighted by atomic mass is 16.6. The zero-order valence-electron chi connectivity index (χ0n) is 29.4. The van der Waals surface area contributed by atoms with Crippen LogP contribution in [0.15, 0.2) is 78.9 Å². The Balaban J connectivity index is 1.53. The number of benzene rings is 4. The zero-order chi connectivity index (χ0) is 35.8. The topological polar surface area (TPSA) is 135 Å². The minimum atomic E-state index is -0.891. The van der Waals surface area contributed by atoms with Gasteiger partial charge in [-0.05, 0) is 100 Å². The van der Waals surface area contributed by atoms with Crippen molar-refractivity contribution in [2.24, 2.45) is 0 Å². The monoisotopic (exact) mass is 668 g/mol. The number of carbonyl (C=O) groups is 4. The van der Waals surface area contributed by atoms with Gasteiger partial charge in [0, 0.05) is 18.7 Å². The first-order valence-corrected chi connectivity index (χ1v) is 16.6. The van der Waals surface area contributed by atoms with E-state index in [-0.39, 0.29) is 31.5 Å². The average Bonchev–Trinajstić information content (AvgIpc) is 3.02. The minimum absolute atomic E-state index is 0.207. The van der Waals surface area contributed by atoms with Crippen molar-refractivity contribution in [3.05, 3.63) is 95.6 Å². The van der Waals surface area contributed by atoms with Gasteiger partial charge in [0.25, 0.3) is 5.91 Å². The van der Waals surface area contributed by atoms with Crippen LogP contribution in [-0.2, 0) is 20.8 Å². The molecular weight excluding hydrogens is 620 g/mol. The SMILES string of the molecule is C[C@H](NC(=O)[C@H](CCCNC(=O)OC(C)(C)C)NC(=O)c1ccc(CNC(=O)OC(C)(C)C)c2ccccc12)c1cccc2ccccc12. The van der Waals surface area contributed by atoms with Crippen LogP contribution in [0.5, 0.6) is 0 Å². The maximum absolute atomic E-state index is 13.9. The van der Waals surface area contributed by atoms with Crippen LogP contribution in [-0.4, -0.2) is 47.8 Å². The summed E-state index contributed by atoms with van der Waals surface area (Å²) in [6, 6.07) is 23.6. The number of hydrogen-bond donors (Lipinski definition) is 4. The van der Waals surface area contributed by atoms with E-state index in [2.05, 4.69) is 21.3 Å². The van der Waals surface area contributed by atoms with Crippen molar-refractivity contribution < 1.29 is 28.7 Å². The number of hydrogen-bond acceptors (Lipinski definition) is 6. The highest BCUT2D eigenvalue weighted by Crippen LogP contribution is 2.26. The van der Waals surface area contributed by atoms with Crippen LogP contribution >= 0.6 is 0 Å². The molecule has 260 valence electrons. The third-order valence-corrected chi connectivity index (χ3v) is 7.69. The smallest absolute Gasteiger partial charge is 0.407 e. The van der Waals surface area contributed by atoms with Gasteiger partial charge >= 0.3 is 12.2 Å². The highest BCUT2D eigenvalue weighted by Gasteiger charge is 2.25. The van der Waals surface area contributed by atoms with Gasteiger partial charge in [-0.3, -0.25) is 9.59 Å². The standard InChI is InChI=1S/C39H48N4O6/c1-25(28-19-12-15-26-14-8-9-16-29(26)28)42-35(45)33(20-13-23-40-36(46)48-38(2,3)4)43-34(44)32-22-21-27(30-17-10-11-18-31(30)32)24-41-37(47)49-39(5,6)7/h8-12,14-19,21-22,25,33H,13,20,23-24H2,1-7H3,(H,40,46)(H,41,47)(H,42,45)(H,43,44)/t25-,33-/m0/s1. The van der Waals surface area contributed by atoms with Gasteiger partial charge in [-0.25, -0.2) is 9.59 Å². The molecule has 0 fully saturated rings. The number of amides is 4. The van der Waals surface area contributed by atoms with E-state index in [1.54, 1.807) is 53.7 Å². The molecule has 4 aromatic rings. The molecule has 0 bridgehead atoms. The van der Waals surface area contributed by atoms with Crippen molar-refractivity contribution in [3.8, 4) is 0 Å². The van der Waals surface area contributed by atoms with E-state index in [1.807, 2.05) is 73.7 Å². The molecule has 0 aliphatic carbocycles. The third kappa shape index (κ3) is 10.7. The Kier molecular flexibility index (Phi) is 11.9. The number of carbonyl (C=O) groups excluding carboxylic acids is 4. The third-order valence-electron chi connectivity index (χ3n) is 7.69. The van der Waals surface area contributed by atoms with E-state index in [0.29, 0.717) is 17.4 Å². The van der Waals surface area contributed by atoms with E-state index >= 15 is 0 Å². The average molecular weight is 669 g/mol. The molecule has 0 saturated heterocycles. The zero-order valence-corrected chi connectivity index (χ0v) is 29.4. The molecule has 0 radical (unpaired) electrons. The summed E-state index contributed by atoms with van der Waals surface area (Å²) < 4.78 is 10.7. The normalized spacial score (nSPS) is 12.9. The van der Waals surface area contributed by atoms with E-state index in [0.717, 1.165) is 27.3 Å². The van der Waals surface area contributed by atoms with Crippen molar-refractivity contribution in [1.29, 1.82) is 0 Å². The molecule has 2 atom stereocenters. The van der Waals surface area contributed by atoms with Gasteiger partial charge < -0.3 is 30.7 Å². The fraction of sp³-hybridized carbons (Fsp3) is 0.385. The molecule has 49 heavy (non-hydrogen) atoms. The second-order valence-electron chi connectivity index (χ2n) is 14.1. The Hall–Kier alpha value is -5.12. The molecule has 4 N–H and O–H groups in total. The van der Waals surface area contributed by atoms with Crippen LogP contribution in [0.3, 0.4) is 0 Å². The lowest BCUT2D eigenvalue weighted by atomic mass is 9.98. The maximum Gasteiger partial charge on any atom is 0.407 e. The fourth-order valence-electron chi connectivity index (χ4n) is 5.53. The minimum Gasteiger partial charge on any atom is -0.444 e. The summed E-state index contributed by atoms with van der Waals surface area (Å²) >= 11 is 0. The molecule has 0 spiro atoms. The Morgan fingerprint density at radius 3 is 1.94 bits per heavy atom. The molecule has 4 amide bonds. The summed E-state index contributed by atoms with van der Waals surface area (Å²) in [5.41, 5.74) is 0.898. The van der Waals surface area contributed by atoms with Gasteiger partial charge in [0.1, 0.15) is 17.2 Å². The molecule has 4 rings (SSSR count). The summed E-state index contributed by atoms with van der Waals surface area (Å²) in [7, 11) is 0. The lowest BCUT2D eigenvalue weighted by molar-refractivity contribution is -0.123. The lowest BCUT2D eigenvalue weighted by Gasteiger charge is -2.23. The second kappa shape index (κ2) is 15.9. The molecule has 0 saturated carbocycles. The number of nitrogens with one attached hydrogen (secondary N) is 4. The largest absolute Gasteiger partial charge is 0.444 e. The number of alkyl carbamates (subject to hydrolysis) is 2. The van der Waals surface area contributed by atoms with E-state index < -0.39 is 35.3 Å². The van der Waals surface area contributed by atoms with Gasteiger partial charge in [0.15, 0.2) is 0 Å². The van der Waals surface area contributed by atoms with Crippen LogP contribution in [0.4, 0.5) is 9.59 Å². The molecule has 10 nitrogen and oxygen atoms in total. The number of ether oxygens (including phenoxy) is 2. The van der Waals surface area contributed by atoms with Gasteiger partial charge in [0.05, 0.1) is 6.04 Å². The fourth-order valence-corrected chi connectivity index (χ4v) is 5.53. The Labute approximate surface area is 288 Å². The van der Waals surface area contributed by atoms with Crippen molar-refractivity contribution in [2.45, 2.75) is 91.1 Å². The lowest BCUT2D eigenvalue weighted by Crippen LogP contribution is -2.47. The van der Waals surface area contributed by atoms with Crippen LogP contribution < -0.4 is 21.3 Å². The predicted molar refractivity (Wildman–Crippen MR) is 192 cm³/mol. The van der Waals surface area contributed by atoms with Crippen molar-refractivity contribution in [2.75, 3.05) is 6.54 Å². The molecule has 0 heterocycles. The van der Waals surface area contributed by atoms with Gasteiger partial charge in [-0.1, -0.05) is 72.8 Å². The second-order valence-corrected chi connectivity index (χ2v) is 14.1. The first-order valence-electron chi connectivity index (χ1n) is 16.6. The Bertz CT molecular complexity index is 1800.